The van der Waals surface area contributed by atoms with Crippen molar-refractivity contribution in [1.82, 2.24) is 10.2 Å². The van der Waals surface area contributed by atoms with Gasteiger partial charge in [0.1, 0.15) is 0 Å². The van der Waals surface area contributed by atoms with Gasteiger partial charge < -0.3 is 10.2 Å². The van der Waals surface area contributed by atoms with Crippen LogP contribution in [-0.2, 0) is 6.54 Å². The lowest BCUT2D eigenvalue weighted by atomic mass is 9.89. The van der Waals surface area contributed by atoms with Crippen LogP contribution in [0.3, 0.4) is 0 Å². The first-order valence-electron chi connectivity index (χ1n) is 6.94. The summed E-state index contributed by atoms with van der Waals surface area (Å²) in [4.78, 5) is 2.47. The fourth-order valence-corrected chi connectivity index (χ4v) is 2.97. The number of benzene rings is 1. The van der Waals surface area contributed by atoms with Crippen LogP contribution in [-0.4, -0.2) is 31.6 Å². The summed E-state index contributed by atoms with van der Waals surface area (Å²) in [5.74, 6) is 0. The van der Waals surface area contributed by atoms with E-state index in [9.17, 15) is 0 Å². The van der Waals surface area contributed by atoms with Crippen LogP contribution >= 0.6 is 12.4 Å². The second kappa shape index (κ2) is 6.74. The van der Waals surface area contributed by atoms with Gasteiger partial charge in [0.25, 0.3) is 0 Å². The molecule has 1 N–H and O–H groups in total. The summed E-state index contributed by atoms with van der Waals surface area (Å²) in [6.45, 7) is 11.3. The highest BCUT2D eigenvalue weighted by Gasteiger charge is 2.29. The Kier molecular flexibility index (Phi) is 5.84. The minimum Gasteiger partial charge on any atom is -0.316 e. The van der Waals surface area contributed by atoms with Crippen LogP contribution in [0.5, 0.6) is 0 Å². The van der Waals surface area contributed by atoms with E-state index in [1.54, 1.807) is 0 Å². The molecule has 2 rings (SSSR count). The van der Waals surface area contributed by atoms with Crippen LogP contribution in [0.1, 0.15) is 30.0 Å². The number of aryl methyl sites for hydroxylation is 2. The molecule has 1 unspecified atom stereocenters. The van der Waals surface area contributed by atoms with Crippen molar-refractivity contribution in [3.63, 3.8) is 0 Å². The monoisotopic (exact) mass is 282 g/mol. The van der Waals surface area contributed by atoms with Gasteiger partial charge in [0, 0.05) is 19.6 Å². The maximum Gasteiger partial charge on any atom is 0.0233 e. The lowest BCUT2D eigenvalue weighted by Gasteiger charge is -2.29. The number of nitrogens with zero attached hydrogens (tertiary/aromatic N) is 1. The molecule has 1 fully saturated rings. The molecule has 1 saturated heterocycles. The van der Waals surface area contributed by atoms with Gasteiger partial charge in [0.05, 0.1) is 0 Å². The van der Waals surface area contributed by atoms with Crippen LogP contribution in [0.25, 0.3) is 0 Å². The van der Waals surface area contributed by atoms with E-state index in [1.807, 2.05) is 0 Å². The average Bonchev–Trinajstić information content (AvgIpc) is 2.70. The van der Waals surface area contributed by atoms with Gasteiger partial charge in [0.15, 0.2) is 0 Å². The molecule has 1 atom stereocenters. The van der Waals surface area contributed by atoms with Crippen LogP contribution in [0, 0.1) is 19.3 Å². The van der Waals surface area contributed by atoms with Crippen molar-refractivity contribution in [2.24, 2.45) is 5.41 Å². The quantitative estimate of drug-likeness (QED) is 0.913. The Labute approximate surface area is 124 Å². The summed E-state index contributed by atoms with van der Waals surface area (Å²) in [6, 6.07) is 6.75. The standard InChI is InChI=1S/C16H26N2.ClH/c1-13-5-6-14(2)15(9-13)10-18(4)12-16(3)7-8-17-11-16;/h5-6,9,17H,7-8,10-12H2,1-4H3;1H. The van der Waals surface area contributed by atoms with E-state index >= 15 is 0 Å². The minimum atomic E-state index is 0. The predicted molar refractivity (Wildman–Crippen MR) is 85.1 cm³/mol. The van der Waals surface area contributed by atoms with Crippen molar-refractivity contribution in [2.75, 3.05) is 26.7 Å². The summed E-state index contributed by atoms with van der Waals surface area (Å²) >= 11 is 0. The molecule has 0 radical (unpaired) electrons. The molecular weight excluding hydrogens is 256 g/mol. The van der Waals surface area contributed by atoms with E-state index in [0.717, 1.165) is 13.1 Å². The molecule has 1 heterocycles. The van der Waals surface area contributed by atoms with E-state index in [-0.39, 0.29) is 12.4 Å². The Balaban J connectivity index is 0.00000180. The Bertz CT molecular complexity index is 411. The fourth-order valence-electron chi connectivity index (χ4n) is 2.97. The third-order valence-electron chi connectivity index (χ3n) is 4.05. The first kappa shape index (κ1) is 16.5. The molecule has 0 bridgehead atoms. The molecule has 0 aromatic heterocycles. The van der Waals surface area contributed by atoms with E-state index in [1.165, 1.54) is 36.2 Å². The predicted octanol–water partition coefficient (Wildman–Crippen LogP) is 3.16. The first-order valence-corrected chi connectivity index (χ1v) is 6.94. The summed E-state index contributed by atoms with van der Waals surface area (Å²) < 4.78 is 0. The maximum atomic E-state index is 3.48. The largest absolute Gasteiger partial charge is 0.316 e. The average molecular weight is 283 g/mol. The molecule has 108 valence electrons. The molecule has 1 aliphatic heterocycles. The summed E-state index contributed by atoms with van der Waals surface area (Å²) in [5.41, 5.74) is 4.68. The number of hydrogen-bond donors (Lipinski definition) is 1. The third-order valence-corrected chi connectivity index (χ3v) is 4.05. The highest BCUT2D eigenvalue weighted by Crippen LogP contribution is 2.26. The zero-order valence-electron chi connectivity index (χ0n) is 12.6. The zero-order valence-corrected chi connectivity index (χ0v) is 13.4. The lowest BCUT2D eigenvalue weighted by Crippen LogP contribution is -2.34. The summed E-state index contributed by atoms with van der Waals surface area (Å²) in [5, 5.41) is 3.48. The van der Waals surface area contributed by atoms with Crippen molar-refractivity contribution in [3.05, 3.63) is 34.9 Å². The van der Waals surface area contributed by atoms with Crippen molar-refractivity contribution in [2.45, 2.75) is 33.7 Å². The second-order valence-corrected chi connectivity index (χ2v) is 6.34. The van der Waals surface area contributed by atoms with Crippen molar-refractivity contribution >= 4 is 12.4 Å². The van der Waals surface area contributed by atoms with Gasteiger partial charge >= 0.3 is 0 Å². The van der Waals surface area contributed by atoms with Gasteiger partial charge in [-0.2, -0.15) is 0 Å². The highest BCUT2D eigenvalue weighted by atomic mass is 35.5. The SMILES string of the molecule is Cc1ccc(C)c(CN(C)CC2(C)CCNC2)c1.Cl. The van der Waals surface area contributed by atoms with E-state index in [0.29, 0.717) is 5.41 Å². The molecule has 1 aromatic rings. The second-order valence-electron chi connectivity index (χ2n) is 6.34. The van der Waals surface area contributed by atoms with E-state index in [2.05, 4.69) is 56.2 Å². The van der Waals surface area contributed by atoms with Gasteiger partial charge in [-0.3, -0.25) is 0 Å². The van der Waals surface area contributed by atoms with Gasteiger partial charge in [-0.25, -0.2) is 0 Å². The number of hydrogen-bond acceptors (Lipinski definition) is 2. The van der Waals surface area contributed by atoms with E-state index < -0.39 is 0 Å². The lowest BCUT2D eigenvalue weighted by molar-refractivity contribution is 0.203. The van der Waals surface area contributed by atoms with Crippen molar-refractivity contribution in [3.8, 4) is 0 Å². The molecule has 0 saturated carbocycles. The van der Waals surface area contributed by atoms with Crippen LogP contribution < -0.4 is 5.32 Å². The fraction of sp³-hybridized carbons (Fsp3) is 0.625. The number of halogens is 1. The van der Waals surface area contributed by atoms with Gasteiger partial charge in [0.2, 0.25) is 0 Å². The topological polar surface area (TPSA) is 15.3 Å². The van der Waals surface area contributed by atoms with Gasteiger partial charge in [-0.05, 0) is 50.4 Å². The van der Waals surface area contributed by atoms with Gasteiger partial charge in [-0.1, -0.05) is 30.7 Å². The molecule has 2 nitrogen and oxygen atoms in total. The minimum absolute atomic E-state index is 0. The van der Waals surface area contributed by atoms with Crippen LogP contribution in [0.4, 0.5) is 0 Å². The Morgan fingerprint density at radius 3 is 2.68 bits per heavy atom. The molecule has 3 heteroatoms. The summed E-state index contributed by atoms with van der Waals surface area (Å²) in [7, 11) is 2.24. The van der Waals surface area contributed by atoms with E-state index in [4.69, 9.17) is 0 Å². The third kappa shape index (κ3) is 4.48. The number of nitrogens with one attached hydrogen (secondary N) is 1. The first-order chi connectivity index (χ1) is 8.48. The summed E-state index contributed by atoms with van der Waals surface area (Å²) in [6.07, 6.45) is 1.30. The zero-order chi connectivity index (χ0) is 13.2. The molecule has 1 aromatic carbocycles. The maximum absolute atomic E-state index is 3.48. The Morgan fingerprint density at radius 2 is 2.05 bits per heavy atom. The molecule has 0 aliphatic carbocycles. The Morgan fingerprint density at radius 1 is 1.32 bits per heavy atom. The smallest absolute Gasteiger partial charge is 0.0233 e. The highest BCUT2D eigenvalue weighted by molar-refractivity contribution is 5.85. The van der Waals surface area contributed by atoms with Gasteiger partial charge in [-0.15, -0.1) is 12.4 Å². The normalized spacial score (nSPS) is 22.6. The molecule has 0 spiro atoms. The molecule has 0 amide bonds. The van der Waals surface area contributed by atoms with Crippen molar-refractivity contribution < 1.29 is 0 Å². The Hall–Kier alpha value is -0.570. The number of rotatable bonds is 4. The molecule has 1 aliphatic rings. The molecular formula is C16H27ClN2. The molecule has 19 heavy (non-hydrogen) atoms. The van der Waals surface area contributed by atoms with Crippen molar-refractivity contribution in [1.29, 1.82) is 0 Å². The van der Waals surface area contributed by atoms with Crippen LogP contribution in [0.15, 0.2) is 18.2 Å². The van der Waals surface area contributed by atoms with Crippen LogP contribution in [0.2, 0.25) is 0 Å².